The van der Waals surface area contributed by atoms with E-state index in [1.54, 1.807) is 6.08 Å². The number of rotatable bonds is 57. The van der Waals surface area contributed by atoms with Crippen LogP contribution in [0.3, 0.4) is 0 Å². The van der Waals surface area contributed by atoms with Gasteiger partial charge in [0.05, 0.1) is 58.4 Å². The fraction of sp³-hybridized carbons (Fsp3) is 0.915. The van der Waals surface area contributed by atoms with Crippen molar-refractivity contribution in [1.29, 1.82) is 0 Å². The van der Waals surface area contributed by atoms with Crippen LogP contribution in [0.4, 0.5) is 0 Å². The molecule has 0 spiro atoms. The van der Waals surface area contributed by atoms with Crippen molar-refractivity contribution >= 4 is 17.7 Å². The SMILES string of the molecule is CCCCCCCC/C=C\CCCCCCCCCCCCCC(=O)N[C@@H](CO[C@@H]1OC(CO)[C@@H](O[C@@H]2OC(CO)[C@H](O[C@@H]3OC(CO)[C@H](O)[C@H](O[C@@H]4OC(CO)[C@H](O)[C@H](O[C@@H]5OC(CO)[C@@H](O[C@@H]6OC(CO)[C@H](O)[C@H](O)C6O)[C@H](O)C5NC(C)=O)C4O)C3NC(C)=O)[C@H](O)C2O)[C@H](O)C1O)[C@H](O)/C=C/CCCCCCCCCCCCC. The molecule has 0 bridgehead atoms. The molecular formula is C82H147N3O33. The second kappa shape index (κ2) is 56.6. The van der Waals surface area contributed by atoms with Gasteiger partial charge < -0.3 is 165 Å². The Morgan fingerprint density at radius 1 is 0.331 bits per heavy atom. The number of nitrogens with one attached hydrogen (secondary N) is 3. The number of unbranched alkanes of at least 4 members (excludes halogenated alkanes) is 28. The van der Waals surface area contributed by atoms with Crippen molar-refractivity contribution in [2.45, 2.75) is 429 Å². The highest BCUT2D eigenvalue weighted by atomic mass is 16.8. The predicted molar refractivity (Wildman–Crippen MR) is 421 cm³/mol. The van der Waals surface area contributed by atoms with E-state index >= 15 is 0 Å². The van der Waals surface area contributed by atoms with E-state index in [2.05, 4.69) is 41.9 Å². The van der Waals surface area contributed by atoms with Gasteiger partial charge in [0.25, 0.3) is 0 Å². The number of carbonyl (C=O) groups excluding carboxylic acids is 3. The molecule has 0 saturated carbocycles. The summed E-state index contributed by atoms with van der Waals surface area (Å²) in [4.78, 5) is 39.3. The number of carbonyl (C=O) groups is 3. The molecule has 32 atom stereocenters. The minimum atomic E-state index is -2.27. The Morgan fingerprint density at radius 3 is 1.11 bits per heavy atom. The molecule has 0 aliphatic carbocycles. The molecule has 118 heavy (non-hydrogen) atoms. The minimum absolute atomic E-state index is 0.176. The number of amides is 3. The van der Waals surface area contributed by atoms with E-state index in [0.29, 0.717) is 12.8 Å². The quantitative estimate of drug-likeness (QED) is 0.0274. The third kappa shape index (κ3) is 32.6. The zero-order valence-corrected chi connectivity index (χ0v) is 69.5. The molecule has 36 heteroatoms. The highest BCUT2D eigenvalue weighted by molar-refractivity contribution is 5.76. The van der Waals surface area contributed by atoms with Gasteiger partial charge in [0.1, 0.15) is 146 Å². The average Bonchev–Trinajstić information content (AvgIpc) is 0.762. The van der Waals surface area contributed by atoms with Crippen molar-refractivity contribution in [2.75, 3.05) is 46.2 Å². The standard InChI is InChI=1S/C82H147N3O33/c1-5-7-9-11-13-15-17-19-20-21-22-23-24-25-26-28-30-32-34-36-38-40-58(95)85-50(51(94)39-37-35-33-31-29-27-18-16-14-12-10-8-6-2)47-107-79-69(104)66(101)74(56(45-90)112-79)116-81-70(105)67(102)73(57(46-91)113-81)114-78-60(84-49(4)93)75(62(97)53(42-87)108-78)117-82-71(106)76(63(98)54(43-88)110-82)118-77-59(83-48(3)92)64(99)72(55(44-89)111-77)115-80-68(103)65(100)61(96)52(41-86)109-80/h19-20,37,39,50-57,59-82,86-91,94,96-106H,5-18,21-36,38,40-47H2,1-4H3,(H,83,92)(H,84,93)(H,85,95)/b20-19-,39-37+/t50-,51+,52?,53?,54?,55?,56?,57?,59?,60?,61-,62-,63-,64+,65-,66+,67+,68?,69?,70?,71?,72+,73-,74+,75+,76-,77-,78-,79+,80-,81-,82-/m0/s1. The van der Waals surface area contributed by atoms with Crippen molar-refractivity contribution in [1.82, 2.24) is 16.0 Å². The number of hydrogen-bond donors (Lipinski definition) is 21. The summed E-state index contributed by atoms with van der Waals surface area (Å²) >= 11 is 0. The van der Waals surface area contributed by atoms with E-state index < -0.39 is 254 Å². The number of aliphatic hydroxyl groups excluding tert-OH is 18. The van der Waals surface area contributed by atoms with E-state index in [9.17, 15) is 106 Å². The molecule has 6 aliphatic rings. The molecule has 688 valence electrons. The van der Waals surface area contributed by atoms with Crippen molar-refractivity contribution in [2.24, 2.45) is 0 Å². The third-order valence-electron chi connectivity index (χ3n) is 22.9. The van der Waals surface area contributed by atoms with Gasteiger partial charge in [-0.15, -0.1) is 0 Å². The summed E-state index contributed by atoms with van der Waals surface area (Å²) < 4.78 is 71.0. The Hall–Kier alpha value is -3.31. The Morgan fingerprint density at radius 2 is 0.653 bits per heavy atom. The van der Waals surface area contributed by atoms with Gasteiger partial charge in [-0.1, -0.05) is 192 Å². The molecule has 0 aromatic carbocycles. The van der Waals surface area contributed by atoms with Crippen molar-refractivity contribution in [3.8, 4) is 0 Å². The summed E-state index contributed by atoms with van der Waals surface area (Å²) in [6, 6.07) is -4.65. The molecule has 6 saturated heterocycles. The second-order valence-electron chi connectivity index (χ2n) is 32.4. The first-order chi connectivity index (χ1) is 56.8. The molecule has 0 aromatic rings. The molecule has 6 fully saturated rings. The van der Waals surface area contributed by atoms with Crippen LogP contribution in [0, 0.1) is 0 Å². The van der Waals surface area contributed by atoms with Gasteiger partial charge in [0, 0.05) is 20.3 Å². The minimum Gasteiger partial charge on any atom is -0.394 e. The van der Waals surface area contributed by atoms with E-state index in [1.807, 2.05) is 6.08 Å². The summed E-state index contributed by atoms with van der Waals surface area (Å²) in [5.41, 5.74) is 0. The maximum atomic E-state index is 13.6. The first-order valence-electron chi connectivity index (χ1n) is 43.6. The van der Waals surface area contributed by atoms with E-state index in [-0.39, 0.29) is 12.3 Å². The van der Waals surface area contributed by atoms with E-state index in [0.717, 1.165) is 71.6 Å². The third-order valence-corrected chi connectivity index (χ3v) is 22.9. The molecule has 0 aromatic heterocycles. The van der Waals surface area contributed by atoms with Crippen molar-refractivity contribution < 1.29 is 163 Å². The molecule has 6 rings (SSSR count). The van der Waals surface area contributed by atoms with Gasteiger partial charge in [0.2, 0.25) is 17.7 Å². The van der Waals surface area contributed by atoms with Crippen LogP contribution in [-0.4, -0.2) is 352 Å². The maximum Gasteiger partial charge on any atom is 0.220 e. The first-order valence-corrected chi connectivity index (χ1v) is 43.6. The maximum absolute atomic E-state index is 13.6. The van der Waals surface area contributed by atoms with Crippen LogP contribution in [0.5, 0.6) is 0 Å². The van der Waals surface area contributed by atoms with Crippen LogP contribution < -0.4 is 16.0 Å². The van der Waals surface area contributed by atoms with Crippen LogP contribution in [0.25, 0.3) is 0 Å². The fourth-order valence-electron chi connectivity index (χ4n) is 15.9. The lowest BCUT2D eigenvalue weighted by atomic mass is 9.93. The van der Waals surface area contributed by atoms with Gasteiger partial charge in [-0.05, 0) is 44.9 Å². The lowest BCUT2D eigenvalue weighted by molar-refractivity contribution is -0.385. The summed E-state index contributed by atoms with van der Waals surface area (Å²) in [5, 5.41) is 208. The highest BCUT2D eigenvalue weighted by Gasteiger charge is 2.59. The Bertz CT molecular complexity index is 2750. The summed E-state index contributed by atoms with van der Waals surface area (Å²) in [5.74, 6) is -2.05. The lowest BCUT2D eigenvalue weighted by Crippen LogP contribution is -2.71. The molecule has 3 amide bonds. The Labute approximate surface area is 694 Å². The number of aliphatic hydroxyl groups is 18. The largest absolute Gasteiger partial charge is 0.394 e. The molecule has 12 unspecified atom stereocenters. The van der Waals surface area contributed by atoms with Gasteiger partial charge in [-0.3, -0.25) is 14.4 Å². The van der Waals surface area contributed by atoms with E-state index in [4.69, 9.17) is 56.8 Å². The summed E-state index contributed by atoms with van der Waals surface area (Å²) in [6.45, 7) is 0.0836. The average molecular weight is 1700 g/mol. The fourth-order valence-corrected chi connectivity index (χ4v) is 15.9. The molecular weight excluding hydrogens is 1550 g/mol. The van der Waals surface area contributed by atoms with Gasteiger partial charge in [-0.2, -0.15) is 0 Å². The van der Waals surface area contributed by atoms with Gasteiger partial charge in [-0.25, -0.2) is 0 Å². The van der Waals surface area contributed by atoms with Crippen LogP contribution in [0.1, 0.15) is 233 Å². The zero-order valence-electron chi connectivity index (χ0n) is 69.5. The smallest absolute Gasteiger partial charge is 0.220 e. The molecule has 6 heterocycles. The topological polar surface area (TPSA) is 562 Å². The van der Waals surface area contributed by atoms with Crippen LogP contribution in [0.15, 0.2) is 24.3 Å². The highest BCUT2D eigenvalue weighted by Crippen LogP contribution is 2.38. The van der Waals surface area contributed by atoms with Crippen LogP contribution in [0.2, 0.25) is 0 Å². The summed E-state index contributed by atoms with van der Waals surface area (Å²) in [6.07, 6.45) is -11.0. The normalized spacial score (nSPS) is 36.0. The molecule has 36 nitrogen and oxygen atoms in total. The Balaban J connectivity index is 1.06. The predicted octanol–water partition coefficient (Wildman–Crippen LogP) is -0.307. The first kappa shape index (κ1) is 103. The number of hydrogen-bond acceptors (Lipinski definition) is 33. The Kier molecular flexibility index (Phi) is 49.6. The van der Waals surface area contributed by atoms with Crippen molar-refractivity contribution in [3.63, 3.8) is 0 Å². The lowest BCUT2D eigenvalue weighted by Gasteiger charge is -2.51. The molecule has 0 radical (unpaired) electrons. The van der Waals surface area contributed by atoms with Crippen molar-refractivity contribution in [3.05, 3.63) is 24.3 Å². The number of allylic oxidation sites excluding steroid dienone is 3. The zero-order chi connectivity index (χ0) is 86.2. The molecule has 21 N–H and O–H groups in total. The van der Waals surface area contributed by atoms with Gasteiger partial charge >= 0.3 is 0 Å². The van der Waals surface area contributed by atoms with E-state index in [1.165, 1.54) is 128 Å². The molecule has 6 aliphatic heterocycles. The summed E-state index contributed by atoms with van der Waals surface area (Å²) in [7, 11) is 0. The second-order valence-corrected chi connectivity index (χ2v) is 32.4. The van der Waals surface area contributed by atoms with Crippen LogP contribution in [-0.2, 0) is 71.2 Å². The van der Waals surface area contributed by atoms with Crippen LogP contribution >= 0.6 is 0 Å². The van der Waals surface area contributed by atoms with Gasteiger partial charge in [0.15, 0.2) is 37.7 Å². The number of ether oxygens (including phenoxy) is 12. The monoisotopic (exact) mass is 1700 g/mol.